The van der Waals surface area contributed by atoms with Gasteiger partial charge in [-0.3, -0.25) is 0 Å². The van der Waals surface area contributed by atoms with E-state index in [9.17, 15) is 0 Å². The van der Waals surface area contributed by atoms with E-state index in [-0.39, 0.29) is 6.61 Å². The molecule has 0 unspecified atom stereocenters. The van der Waals surface area contributed by atoms with Gasteiger partial charge >= 0.3 is 0 Å². The lowest BCUT2D eigenvalue weighted by Crippen LogP contribution is -2.15. The van der Waals surface area contributed by atoms with E-state index in [4.69, 9.17) is 26.2 Å². The zero-order valence-corrected chi connectivity index (χ0v) is 16.1. The number of unbranched alkanes of at least 4 members (excludes halogenated alkanes) is 2. The van der Waals surface area contributed by atoms with Gasteiger partial charge in [-0.25, -0.2) is 0 Å². The van der Waals surface area contributed by atoms with Crippen LogP contribution < -0.4 is 14.8 Å². The summed E-state index contributed by atoms with van der Waals surface area (Å²) < 4.78 is 11.7. The average molecular weight is 378 g/mol. The molecule has 26 heavy (non-hydrogen) atoms. The second-order valence-electron chi connectivity index (χ2n) is 6.09. The molecule has 0 aliphatic heterocycles. The minimum absolute atomic E-state index is 0.273. The van der Waals surface area contributed by atoms with Crippen molar-refractivity contribution in [2.24, 2.45) is 0 Å². The van der Waals surface area contributed by atoms with Gasteiger partial charge in [-0.05, 0) is 68.1 Å². The molecular weight excluding hydrogens is 350 g/mol. The third-order valence-corrected chi connectivity index (χ3v) is 4.21. The van der Waals surface area contributed by atoms with Gasteiger partial charge in [-0.1, -0.05) is 29.8 Å². The highest BCUT2D eigenvalue weighted by atomic mass is 35.5. The van der Waals surface area contributed by atoms with Gasteiger partial charge in [0.05, 0.1) is 6.61 Å². The average Bonchev–Trinajstić information content (AvgIpc) is 2.65. The van der Waals surface area contributed by atoms with E-state index in [1.54, 1.807) is 0 Å². The van der Waals surface area contributed by atoms with E-state index >= 15 is 0 Å². The summed E-state index contributed by atoms with van der Waals surface area (Å²) in [5, 5.41) is 12.9. The van der Waals surface area contributed by atoms with Crippen LogP contribution in [0.25, 0.3) is 0 Å². The Bertz CT molecular complexity index is 646. The third kappa shape index (κ3) is 7.24. The molecule has 0 spiro atoms. The van der Waals surface area contributed by atoms with Crippen molar-refractivity contribution in [3.8, 4) is 11.5 Å². The molecule has 0 aliphatic rings. The fraction of sp³-hybridized carbons (Fsp3) is 0.429. The van der Waals surface area contributed by atoms with Crippen LogP contribution in [-0.4, -0.2) is 24.9 Å². The number of ether oxygens (including phenoxy) is 2. The summed E-state index contributed by atoms with van der Waals surface area (Å²) in [6, 6.07) is 13.7. The molecule has 0 heterocycles. The molecule has 0 bridgehead atoms. The largest absolute Gasteiger partial charge is 0.490 e. The molecule has 4 nitrogen and oxygen atoms in total. The van der Waals surface area contributed by atoms with Gasteiger partial charge in [0.2, 0.25) is 0 Å². The number of hydrogen-bond acceptors (Lipinski definition) is 4. The molecule has 0 amide bonds. The van der Waals surface area contributed by atoms with Crippen LogP contribution in [0.5, 0.6) is 11.5 Å². The van der Waals surface area contributed by atoms with Crippen molar-refractivity contribution in [3.05, 3.63) is 58.6 Å². The van der Waals surface area contributed by atoms with Gasteiger partial charge in [0.25, 0.3) is 0 Å². The zero-order valence-electron chi connectivity index (χ0n) is 15.3. The summed E-state index contributed by atoms with van der Waals surface area (Å²) >= 11 is 5.91. The first-order chi connectivity index (χ1) is 12.7. The molecule has 2 aromatic rings. The van der Waals surface area contributed by atoms with Crippen molar-refractivity contribution >= 4 is 11.6 Å². The second kappa shape index (κ2) is 11.8. The smallest absolute Gasteiger partial charge is 0.161 e. The molecule has 0 aromatic heterocycles. The quantitative estimate of drug-likeness (QED) is 0.532. The van der Waals surface area contributed by atoms with Crippen molar-refractivity contribution in [2.45, 2.75) is 39.3 Å². The van der Waals surface area contributed by atoms with Crippen molar-refractivity contribution in [3.63, 3.8) is 0 Å². The van der Waals surface area contributed by atoms with E-state index < -0.39 is 0 Å². The van der Waals surface area contributed by atoms with E-state index in [1.165, 1.54) is 0 Å². The predicted molar refractivity (Wildman–Crippen MR) is 106 cm³/mol. The molecule has 0 atom stereocenters. The van der Waals surface area contributed by atoms with Crippen molar-refractivity contribution in [1.29, 1.82) is 0 Å². The van der Waals surface area contributed by atoms with E-state index in [0.717, 1.165) is 60.0 Å². The lowest BCUT2D eigenvalue weighted by Gasteiger charge is -2.14. The first kappa shape index (κ1) is 20.6. The van der Waals surface area contributed by atoms with Crippen molar-refractivity contribution in [1.82, 2.24) is 5.32 Å². The van der Waals surface area contributed by atoms with Crippen LogP contribution in [0.1, 0.15) is 37.3 Å². The van der Waals surface area contributed by atoms with Crippen molar-refractivity contribution < 1.29 is 14.6 Å². The summed E-state index contributed by atoms with van der Waals surface area (Å²) in [6.07, 6.45) is 2.99. The lowest BCUT2D eigenvalue weighted by molar-refractivity contribution is 0.269. The van der Waals surface area contributed by atoms with Crippen LogP contribution in [0, 0.1) is 0 Å². The normalized spacial score (nSPS) is 10.7. The number of aliphatic hydroxyl groups is 1. The zero-order chi connectivity index (χ0) is 18.6. The Morgan fingerprint density at radius 2 is 1.69 bits per heavy atom. The number of hydrogen-bond donors (Lipinski definition) is 2. The fourth-order valence-corrected chi connectivity index (χ4v) is 2.69. The van der Waals surface area contributed by atoms with Crippen LogP contribution in [0.3, 0.4) is 0 Å². The standard InChI is InChI=1S/C21H28ClNO3/c1-2-25-21-14-18(15-23-12-4-3-5-13-24)8-11-20(21)26-16-17-6-9-19(22)10-7-17/h6-11,14,23-24H,2-5,12-13,15-16H2,1H3. The molecule has 0 saturated carbocycles. The second-order valence-corrected chi connectivity index (χ2v) is 6.53. The molecule has 142 valence electrons. The number of benzene rings is 2. The molecule has 2 N–H and O–H groups in total. The maximum atomic E-state index is 8.78. The van der Waals surface area contributed by atoms with Crippen LogP contribution in [-0.2, 0) is 13.2 Å². The number of nitrogens with one attached hydrogen (secondary N) is 1. The predicted octanol–water partition coefficient (Wildman–Crippen LogP) is 4.57. The first-order valence-corrected chi connectivity index (χ1v) is 9.55. The van der Waals surface area contributed by atoms with E-state index in [0.29, 0.717) is 13.2 Å². The molecule has 5 heteroatoms. The Balaban J connectivity index is 1.89. The molecule has 0 fully saturated rings. The number of halogens is 1. The molecule has 0 aliphatic carbocycles. The van der Waals surface area contributed by atoms with E-state index in [2.05, 4.69) is 11.4 Å². The molecule has 2 aromatic carbocycles. The maximum Gasteiger partial charge on any atom is 0.161 e. The topological polar surface area (TPSA) is 50.7 Å². The highest BCUT2D eigenvalue weighted by Crippen LogP contribution is 2.29. The highest BCUT2D eigenvalue weighted by Gasteiger charge is 2.07. The Morgan fingerprint density at radius 3 is 2.42 bits per heavy atom. The van der Waals surface area contributed by atoms with Gasteiger partial charge in [-0.15, -0.1) is 0 Å². The number of rotatable bonds is 12. The van der Waals surface area contributed by atoms with Crippen LogP contribution >= 0.6 is 11.6 Å². The van der Waals surface area contributed by atoms with Gasteiger partial charge in [-0.2, -0.15) is 0 Å². The summed E-state index contributed by atoms with van der Waals surface area (Å²) in [4.78, 5) is 0. The lowest BCUT2D eigenvalue weighted by atomic mass is 10.2. The van der Waals surface area contributed by atoms with Gasteiger partial charge in [0, 0.05) is 18.2 Å². The van der Waals surface area contributed by atoms with E-state index in [1.807, 2.05) is 43.3 Å². The van der Waals surface area contributed by atoms with Crippen molar-refractivity contribution in [2.75, 3.05) is 19.8 Å². The van der Waals surface area contributed by atoms with Gasteiger partial charge < -0.3 is 19.9 Å². The SMILES string of the molecule is CCOc1cc(CNCCCCCO)ccc1OCc1ccc(Cl)cc1. The fourth-order valence-electron chi connectivity index (χ4n) is 2.56. The monoisotopic (exact) mass is 377 g/mol. The van der Waals surface area contributed by atoms with Gasteiger partial charge in [0.15, 0.2) is 11.5 Å². The Kier molecular flexibility index (Phi) is 9.32. The molecule has 0 radical (unpaired) electrons. The summed E-state index contributed by atoms with van der Waals surface area (Å²) in [5.74, 6) is 1.51. The maximum absolute atomic E-state index is 8.78. The van der Waals surface area contributed by atoms with Crippen LogP contribution in [0.4, 0.5) is 0 Å². The molecular formula is C21H28ClNO3. The van der Waals surface area contributed by atoms with Crippen LogP contribution in [0.15, 0.2) is 42.5 Å². The van der Waals surface area contributed by atoms with Gasteiger partial charge in [0.1, 0.15) is 6.61 Å². The summed E-state index contributed by atoms with van der Waals surface area (Å²) in [6.45, 7) is 5.04. The molecule has 2 rings (SSSR count). The Hall–Kier alpha value is -1.75. The first-order valence-electron chi connectivity index (χ1n) is 9.17. The summed E-state index contributed by atoms with van der Waals surface area (Å²) in [5.41, 5.74) is 2.22. The Labute approximate surface area is 161 Å². The molecule has 0 saturated heterocycles. The summed E-state index contributed by atoms with van der Waals surface area (Å²) in [7, 11) is 0. The third-order valence-electron chi connectivity index (χ3n) is 3.96. The minimum atomic E-state index is 0.273. The number of aliphatic hydroxyl groups excluding tert-OH is 1. The highest BCUT2D eigenvalue weighted by molar-refractivity contribution is 6.30. The Morgan fingerprint density at radius 1 is 0.923 bits per heavy atom. The van der Waals surface area contributed by atoms with Crippen LogP contribution in [0.2, 0.25) is 5.02 Å². The minimum Gasteiger partial charge on any atom is -0.490 e.